The quantitative estimate of drug-likeness (QED) is 0.116. The van der Waals surface area contributed by atoms with Gasteiger partial charge in [-0.2, -0.15) is 5.70 Å². The third kappa shape index (κ3) is 10.1. The molecule has 2 aliphatic heterocycles. The number of halogens is 28. The van der Waals surface area contributed by atoms with Crippen molar-refractivity contribution in [3.8, 4) is 0 Å². The van der Waals surface area contributed by atoms with Crippen LogP contribution >= 0.6 is 17.8 Å². The Balaban J connectivity index is 0.00000113. The first-order valence-electron chi connectivity index (χ1n) is 14.9. The summed E-state index contributed by atoms with van der Waals surface area (Å²) in [5.41, 5.74) is 1.19. The van der Waals surface area contributed by atoms with Gasteiger partial charge in [0.1, 0.15) is 0 Å². The maximum atomic E-state index is 13.8. The summed E-state index contributed by atoms with van der Waals surface area (Å²) >= 11 is -6.51. The van der Waals surface area contributed by atoms with Gasteiger partial charge in [-0.25, -0.2) is 0 Å². The van der Waals surface area contributed by atoms with E-state index in [4.69, 9.17) is 17.8 Å². The van der Waals surface area contributed by atoms with Crippen LogP contribution in [0.2, 0.25) is 8.87 Å². The van der Waals surface area contributed by atoms with Gasteiger partial charge in [-0.3, -0.25) is 0 Å². The summed E-state index contributed by atoms with van der Waals surface area (Å²) in [5.74, 6) is -79.4. The van der Waals surface area contributed by atoms with Crippen molar-refractivity contribution < 1.29 is 114 Å². The molecule has 0 amide bonds. The molecule has 2 heterocycles. The molecule has 0 radical (unpaired) electrons. The van der Waals surface area contributed by atoms with Gasteiger partial charge < -0.3 is 10.6 Å². The molecule has 0 N–H and O–H groups in total. The van der Waals surface area contributed by atoms with Crippen LogP contribution in [0, 0.1) is 0 Å². The molecule has 2 aliphatic rings. The average Bonchev–Trinajstić information content (AvgIpc) is 3.06. The molecule has 0 saturated carbocycles. The molecule has 1 fully saturated rings. The first-order chi connectivity index (χ1) is 24.9. The van der Waals surface area contributed by atoms with Crippen LogP contribution in [-0.2, 0) is 0 Å². The van der Waals surface area contributed by atoms with Crippen LogP contribution in [0.5, 0.6) is 0 Å². The van der Waals surface area contributed by atoms with Crippen LogP contribution in [0.15, 0.2) is 23.9 Å². The summed E-state index contributed by atoms with van der Waals surface area (Å²) < 4.78 is 335. The SMILES string of the molecule is C1=CC[N-]C(C2CCCC[N-]2)=C1.FC(F)(F)C(F)(F)C(F)(F)C(F)(F)C(F)(F)C(F)(F)C[CH2][Sn]([Cl])([Cl])[CH2]CC(F)(F)C(F)(F)C(F)(F)C(F)(F)C(F)(F)C(F)(F)F. The summed E-state index contributed by atoms with van der Waals surface area (Å²) in [7, 11) is 10.3. The molecule has 0 bridgehead atoms. The zero-order valence-electron chi connectivity index (χ0n) is 27.2. The van der Waals surface area contributed by atoms with Crippen LogP contribution in [0.4, 0.5) is 114 Å². The topological polar surface area (TPSA) is 28.2 Å². The van der Waals surface area contributed by atoms with Gasteiger partial charge in [-0.05, 0) is 0 Å². The van der Waals surface area contributed by atoms with E-state index in [1.54, 1.807) is 0 Å². The van der Waals surface area contributed by atoms with Crippen molar-refractivity contribution in [2.24, 2.45) is 0 Å². The summed E-state index contributed by atoms with van der Waals surface area (Å²) in [4.78, 5) is 0. The van der Waals surface area contributed by atoms with E-state index < -0.39 is 109 Å². The van der Waals surface area contributed by atoms with Gasteiger partial charge in [0, 0.05) is 0 Å². The number of rotatable bonds is 15. The molecular formula is C26H22Cl2F26N2Sn-2. The zero-order chi connectivity index (χ0) is 45.6. The van der Waals surface area contributed by atoms with Crippen molar-refractivity contribution in [1.82, 2.24) is 0 Å². The Morgan fingerprint density at radius 1 is 0.509 bits per heavy atom. The number of piperidine rings is 1. The predicted molar refractivity (Wildman–Crippen MR) is 149 cm³/mol. The molecule has 0 aliphatic carbocycles. The fourth-order valence-corrected chi connectivity index (χ4v) is 11.5. The normalized spacial score (nSPS) is 19.4. The number of alkyl halides is 26. The van der Waals surface area contributed by atoms with E-state index in [9.17, 15) is 114 Å². The van der Waals surface area contributed by atoms with E-state index in [1.807, 2.05) is 0 Å². The Morgan fingerprint density at radius 3 is 1.14 bits per heavy atom. The van der Waals surface area contributed by atoms with Gasteiger partial charge in [-0.15, -0.1) is 25.2 Å². The maximum absolute atomic E-state index is 13.8. The number of nitrogens with zero attached hydrogens (tertiary/aromatic N) is 2. The molecule has 1 saturated heterocycles. The summed E-state index contributed by atoms with van der Waals surface area (Å²) in [6.07, 6.45) is -12.0. The fourth-order valence-electron chi connectivity index (χ4n) is 4.41. The molecule has 2 rings (SSSR count). The van der Waals surface area contributed by atoms with Crippen molar-refractivity contribution in [2.45, 2.75) is 119 Å². The molecule has 1 unspecified atom stereocenters. The third-order valence-electron chi connectivity index (χ3n) is 7.97. The third-order valence-corrected chi connectivity index (χ3v) is 18.6. The average molecular weight is 1050 g/mol. The van der Waals surface area contributed by atoms with Crippen molar-refractivity contribution >= 4 is 34.0 Å². The van der Waals surface area contributed by atoms with E-state index in [0.717, 1.165) is 13.1 Å². The molecule has 338 valence electrons. The van der Waals surface area contributed by atoms with E-state index in [-0.39, 0.29) is 0 Å². The van der Waals surface area contributed by atoms with Crippen LogP contribution < -0.4 is 0 Å². The first kappa shape index (κ1) is 53.8. The summed E-state index contributed by atoms with van der Waals surface area (Å²) in [5, 5.41) is 8.99. The minimum absolute atomic E-state index is 0.406. The fraction of sp³-hybridized carbons (Fsp3) is 0.846. The molecule has 2 nitrogen and oxygen atoms in total. The van der Waals surface area contributed by atoms with Gasteiger partial charge in [0.25, 0.3) is 0 Å². The number of hydrogen-bond acceptors (Lipinski definition) is 0. The Bertz CT molecular complexity index is 1340. The predicted octanol–water partition coefficient (Wildman–Crippen LogP) is 13.9. The van der Waals surface area contributed by atoms with Crippen LogP contribution in [0.1, 0.15) is 32.1 Å². The number of allylic oxidation sites excluding steroid dienone is 2. The molecular weight excluding hydrogens is 1020 g/mol. The van der Waals surface area contributed by atoms with Gasteiger partial charge >= 0.3 is 241 Å². The molecule has 57 heavy (non-hydrogen) atoms. The molecule has 0 aromatic rings. The van der Waals surface area contributed by atoms with E-state index in [1.165, 1.54) is 25.0 Å². The van der Waals surface area contributed by atoms with Crippen molar-refractivity contribution in [2.75, 3.05) is 13.1 Å². The van der Waals surface area contributed by atoms with Crippen molar-refractivity contribution in [3.63, 3.8) is 0 Å². The molecule has 0 spiro atoms. The Labute approximate surface area is 314 Å². The molecule has 31 heteroatoms. The Hall–Kier alpha value is -1.20. The molecule has 1 atom stereocenters. The van der Waals surface area contributed by atoms with E-state index in [0.29, 0.717) is 6.04 Å². The Morgan fingerprint density at radius 2 is 0.860 bits per heavy atom. The number of hydrogen-bond donors (Lipinski definition) is 0. The Kier molecular flexibility index (Phi) is 16.0. The van der Waals surface area contributed by atoms with Crippen LogP contribution in [-0.4, -0.2) is 107 Å². The molecule has 0 aromatic heterocycles. The summed E-state index contributed by atoms with van der Waals surface area (Å²) in [6.45, 7) is 1.87. The zero-order valence-corrected chi connectivity index (χ0v) is 31.5. The molecule has 0 aromatic carbocycles. The van der Waals surface area contributed by atoms with Gasteiger partial charge in [0.15, 0.2) is 0 Å². The first-order valence-corrected chi connectivity index (χ1v) is 26.1. The van der Waals surface area contributed by atoms with Gasteiger partial charge in [0.2, 0.25) is 0 Å². The summed E-state index contributed by atoms with van der Waals surface area (Å²) in [6, 6.07) is 0.406. The van der Waals surface area contributed by atoms with Gasteiger partial charge in [-0.1, -0.05) is 31.4 Å². The monoisotopic (exact) mass is 1050 g/mol. The second kappa shape index (κ2) is 16.9. The second-order valence-corrected chi connectivity index (χ2v) is 30.9. The minimum atomic E-state index is -8.36. The second-order valence-electron chi connectivity index (χ2n) is 12.1. The van der Waals surface area contributed by atoms with Crippen molar-refractivity contribution in [1.29, 1.82) is 0 Å². The van der Waals surface area contributed by atoms with Crippen LogP contribution in [0.25, 0.3) is 10.6 Å². The van der Waals surface area contributed by atoms with E-state index >= 15 is 0 Å². The standard InChI is InChI=1S/C10H14N2.2C8H4F13.2ClH.Sn/c1-3-7-11-9(5-1)10-6-2-4-8-12-10;2*1-2-3(9,10)4(11,12)5(13,14)6(15,16)7(17,18)8(19,20)21;;;/h1,3,5,10H,2,4,6-8H2;2*1-2H2;2*1H;/q-2;;;;;+2/p-2. The van der Waals surface area contributed by atoms with Crippen molar-refractivity contribution in [3.05, 3.63) is 34.6 Å². The van der Waals surface area contributed by atoms with E-state index in [2.05, 4.69) is 28.9 Å². The van der Waals surface area contributed by atoms with Gasteiger partial charge in [0.05, 0.1) is 0 Å². The van der Waals surface area contributed by atoms with Crippen LogP contribution in [0.3, 0.4) is 0 Å².